The average Bonchev–Trinajstić information content (AvgIpc) is 2.83. The molecule has 3 aliphatic rings. The van der Waals surface area contributed by atoms with Gasteiger partial charge in [-0.15, -0.1) is 11.6 Å². The van der Waals surface area contributed by atoms with Crippen molar-refractivity contribution in [1.82, 2.24) is 5.32 Å². The van der Waals surface area contributed by atoms with E-state index in [9.17, 15) is 0 Å². The Bertz CT molecular complexity index is 246. The molecule has 1 N–H and O–H groups in total. The Morgan fingerprint density at radius 2 is 1.94 bits per heavy atom. The zero-order chi connectivity index (χ0) is 11.0. The molecule has 1 heterocycles. The summed E-state index contributed by atoms with van der Waals surface area (Å²) < 4.78 is 6.26. The molecule has 0 radical (unpaired) electrons. The SMILES string of the molecule is ClC1CC(NCC2CCC3(CCCC3)O2)C1. The van der Waals surface area contributed by atoms with Crippen molar-refractivity contribution < 1.29 is 4.74 Å². The fraction of sp³-hybridized carbons (Fsp3) is 1.00. The van der Waals surface area contributed by atoms with Crippen molar-refractivity contribution >= 4 is 11.6 Å². The van der Waals surface area contributed by atoms with Crippen LogP contribution >= 0.6 is 11.6 Å². The molecule has 2 saturated carbocycles. The van der Waals surface area contributed by atoms with Crippen LogP contribution in [0.1, 0.15) is 51.4 Å². The van der Waals surface area contributed by atoms with E-state index in [1.165, 1.54) is 38.5 Å². The molecule has 2 aliphatic carbocycles. The molecule has 1 spiro atoms. The number of rotatable bonds is 3. The minimum Gasteiger partial charge on any atom is -0.370 e. The monoisotopic (exact) mass is 243 g/mol. The molecule has 0 aromatic heterocycles. The Morgan fingerprint density at radius 3 is 2.62 bits per heavy atom. The molecule has 0 bridgehead atoms. The number of halogens is 1. The van der Waals surface area contributed by atoms with E-state index < -0.39 is 0 Å². The van der Waals surface area contributed by atoms with E-state index in [0.29, 0.717) is 23.1 Å². The second-order valence-electron chi connectivity index (χ2n) is 5.84. The van der Waals surface area contributed by atoms with Crippen molar-refractivity contribution in [3.8, 4) is 0 Å². The highest BCUT2D eigenvalue weighted by molar-refractivity contribution is 6.21. The molecule has 16 heavy (non-hydrogen) atoms. The Kier molecular flexibility index (Phi) is 3.16. The van der Waals surface area contributed by atoms with Crippen LogP contribution in [0.25, 0.3) is 0 Å². The topological polar surface area (TPSA) is 21.3 Å². The van der Waals surface area contributed by atoms with Crippen molar-refractivity contribution in [2.75, 3.05) is 6.54 Å². The molecule has 0 aromatic carbocycles. The van der Waals surface area contributed by atoms with Gasteiger partial charge in [0.1, 0.15) is 0 Å². The van der Waals surface area contributed by atoms with E-state index in [-0.39, 0.29) is 0 Å². The molecular weight excluding hydrogens is 222 g/mol. The van der Waals surface area contributed by atoms with E-state index in [1.54, 1.807) is 0 Å². The van der Waals surface area contributed by atoms with Gasteiger partial charge in [0.2, 0.25) is 0 Å². The summed E-state index contributed by atoms with van der Waals surface area (Å²) >= 11 is 5.97. The predicted molar refractivity (Wildman–Crippen MR) is 66.0 cm³/mol. The number of hydrogen-bond donors (Lipinski definition) is 1. The van der Waals surface area contributed by atoms with Crippen LogP contribution in [0.5, 0.6) is 0 Å². The molecule has 1 aliphatic heterocycles. The minimum atomic E-state index is 0.293. The van der Waals surface area contributed by atoms with E-state index in [4.69, 9.17) is 16.3 Å². The average molecular weight is 244 g/mol. The van der Waals surface area contributed by atoms with Gasteiger partial charge in [0.05, 0.1) is 11.7 Å². The molecule has 3 fully saturated rings. The second kappa shape index (κ2) is 4.47. The highest BCUT2D eigenvalue weighted by Gasteiger charge is 2.42. The lowest BCUT2D eigenvalue weighted by Gasteiger charge is -2.33. The summed E-state index contributed by atoms with van der Waals surface area (Å²) in [4.78, 5) is 0. The number of ether oxygens (including phenoxy) is 1. The number of alkyl halides is 1. The summed E-state index contributed by atoms with van der Waals surface area (Å²) in [6.07, 6.45) is 10.6. The summed E-state index contributed by atoms with van der Waals surface area (Å²) in [5.41, 5.74) is 0.293. The van der Waals surface area contributed by atoms with Crippen LogP contribution in [-0.2, 0) is 4.74 Å². The third-order valence-corrected chi connectivity index (χ3v) is 4.92. The number of nitrogens with one attached hydrogen (secondary N) is 1. The lowest BCUT2D eigenvalue weighted by atomic mass is 9.92. The Hall–Kier alpha value is 0.210. The first kappa shape index (κ1) is 11.3. The van der Waals surface area contributed by atoms with Crippen LogP contribution in [0.15, 0.2) is 0 Å². The van der Waals surface area contributed by atoms with Gasteiger partial charge in [-0.05, 0) is 38.5 Å². The molecule has 3 rings (SSSR count). The minimum absolute atomic E-state index is 0.293. The highest BCUT2D eigenvalue weighted by atomic mass is 35.5. The van der Waals surface area contributed by atoms with Crippen LogP contribution in [0.2, 0.25) is 0 Å². The van der Waals surface area contributed by atoms with Gasteiger partial charge in [0.25, 0.3) is 0 Å². The van der Waals surface area contributed by atoms with Crippen molar-refractivity contribution in [2.24, 2.45) is 0 Å². The van der Waals surface area contributed by atoms with Gasteiger partial charge in [-0.3, -0.25) is 0 Å². The van der Waals surface area contributed by atoms with Crippen LogP contribution in [0, 0.1) is 0 Å². The third kappa shape index (κ3) is 2.25. The van der Waals surface area contributed by atoms with Crippen molar-refractivity contribution in [3.63, 3.8) is 0 Å². The Balaban J connectivity index is 1.40. The summed E-state index contributed by atoms with van der Waals surface area (Å²) in [5.74, 6) is 0. The third-order valence-electron chi connectivity index (χ3n) is 4.57. The van der Waals surface area contributed by atoms with E-state index in [1.807, 2.05) is 0 Å². The van der Waals surface area contributed by atoms with Crippen molar-refractivity contribution in [1.29, 1.82) is 0 Å². The fourth-order valence-electron chi connectivity index (χ4n) is 3.44. The van der Waals surface area contributed by atoms with Crippen LogP contribution < -0.4 is 5.32 Å². The fourth-order valence-corrected chi connectivity index (χ4v) is 3.87. The molecular formula is C13H22ClNO. The maximum Gasteiger partial charge on any atom is 0.0708 e. The van der Waals surface area contributed by atoms with E-state index in [0.717, 1.165) is 19.4 Å². The molecule has 3 heteroatoms. The first-order valence-electron chi connectivity index (χ1n) is 6.81. The van der Waals surface area contributed by atoms with Gasteiger partial charge >= 0.3 is 0 Å². The smallest absolute Gasteiger partial charge is 0.0708 e. The maximum atomic E-state index is 6.26. The number of hydrogen-bond acceptors (Lipinski definition) is 2. The summed E-state index contributed by atoms with van der Waals surface area (Å²) in [7, 11) is 0. The van der Waals surface area contributed by atoms with Gasteiger partial charge in [-0.2, -0.15) is 0 Å². The maximum absolute atomic E-state index is 6.26. The zero-order valence-corrected chi connectivity index (χ0v) is 10.6. The van der Waals surface area contributed by atoms with E-state index in [2.05, 4.69) is 5.32 Å². The first-order valence-corrected chi connectivity index (χ1v) is 7.25. The van der Waals surface area contributed by atoms with Crippen molar-refractivity contribution in [2.45, 2.75) is 74.5 Å². The summed E-state index contributed by atoms with van der Waals surface area (Å²) in [6.45, 7) is 1.04. The highest BCUT2D eigenvalue weighted by Crippen LogP contribution is 2.43. The van der Waals surface area contributed by atoms with Crippen LogP contribution in [0.4, 0.5) is 0 Å². The molecule has 0 aromatic rings. The van der Waals surface area contributed by atoms with E-state index >= 15 is 0 Å². The normalized spacial score (nSPS) is 41.4. The molecule has 92 valence electrons. The zero-order valence-electron chi connectivity index (χ0n) is 9.88. The van der Waals surface area contributed by atoms with Crippen LogP contribution in [0.3, 0.4) is 0 Å². The largest absolute Gasteiger partial charge is 0.370 e. The Labute approximate surface area is 103 Å². The van der Waals surface area contributed by atoms with Gasteiger partial charge in [-0.1, -0.05) is 12.8 Å². The van der Waals surface area contributed by atoms with Crippen molar-refractivity contribution in [3.05, 3.63) is 0 Å². The van der Waals surface area contributed by atoms with Gasteiger partial charge in [0.15, 0.2) is 0 Å². The summed E-state index contributed by atoms with van der Waals surface area (Å²) in [6, 6.07) is 0.659. The quantitative estimate of drug-likeness (QED) is 0.770. The standard InChI is InChI=1S/C13H22ClNO/c14-10-7-11(8-10)15-9-12-3-6-13(16-12)4-1-2-5-13/h10-12,15H,1-9H2. The van der Waals surface area contributed by atoms with Gasteiger partial charge < -0.3 is 10.1 Å². The molecule has 1 unspecified atom stereocenters. The molecule has 0 amide bonds. The lowest BCUT2D eigenvalue weighted by Crippen LogP contribution is -2.45. The molecule has 1 saturated heterocycles. The molecule has 2 nitrogen and oxygen atoms in total. The first-order chi connectivity index (χ1) is 7.76. The molecule has 1 atom stereocenters. The Morgan fingerprint density at radius 1 is 1.19 bits per heavy atom. The lowest BCUT2D eigenvalue weighted by molar-refractivity contribution is -0.0365. The van der Waals surface area contributed by atoms with Gasteiger partial charge in [0, 0.05) is 18.0 Å². The predicted octanol–water partition coefficient (Wildman–Crippen LogP) is 2.84. The van der Waals surface area contributed by atoms with Crippen LogP contribution in [-0.4, -0.2) is 29.7 Å². The summed E-state index contributed by atoms with van der Waals surface area (Å²) in [5, 5.41) is 4.01. The second-order valence-corrected chi connectivity index (χ2v) is 6.46. The van der Waals surface area contributed by atoms with Gasteiger partial charge in [-0.25, -0.2) is 0 Å².